The van der Waals surface area contributed by atoms with E-state index in [-0.39, 0.29) is 4.90 Å². The molecule has 0 saturated heterocycles. The third kappa shape index (κ3) is 3.55. The Balaban J connectivity index is 1.79. The molecular weight excluding hydrogens is 392 g/mol. The van der Waals surface area contributed by atoms with Crippen molar-refractivity contribution in [1.82, 2.24) is 4.41 Å². The van der Waals surface area contributed by atoms with Gasteiger partial charge in [-0.05, 0) is 42.3 Å². The van der Waals surface area contributed by atoms with Crippen molar-refractivity contribution in [3.8, 4) is 0 Å². The fourth-order valence-corrected chi connectivity index (χ4v) is 4.83. The monoisotopic (exact) mass is 410 g/mol. The number of hydrogen-bond donors (Lipinski definition) is 0. The standard InChI is InChI=1S/C22H19ClN2O2S/c1-16-7-13-20(14-8-16)28(26,27)25-22(18-9-11-19(23)12-10-18)15-21(24-25)17-5-3-2-4-6-17/h2-14,22H,15H2,1H3/t22-/m0/s1. The lowest BCUT2D eigenvalue weighted by atomic mass is 9.99. The third-order valence-corrected chi connectivity index (χ3v) is 6.75. The van der Waals surface area contributed by atoms with Crippen LogP contribution in [0.5, 0.6) is 0 Å². The molecule has 1 aliphatic rings. The Morgan fingerprint density at radius 2 is 1.57 bits per heavy atom. The summed E-state index contributed by atoms with van der Waals surface area (Å²) >= 11 is 6.02. The zero-order valence-electron chi connectivity index (χ0n) is 15.3. The summed E-state index contributed by atoms with van der Waals surface area (Å²) < 4.78 is 28.0. The lowest BCUT2D eigenvalue weighted by Crippen LogP contribution is -2.27. The molecule has 0 unspecified atom stereocenters. The zero-order chi connectivity index (χ0) is 19.7. The van der Waals surface area contributed by atoms with E-state index in [1.165, 1.54) is 4.41 Å². The van der Waals surface area contributed by atoms with Gasteiger partial charge in [0.1, 0.15) is 0 Å². The predicted octanol–water partition coefficient (Wildman–Crippen LogP) is 5.19. The van der Waals surface area contributed by atoms with E-state index in [4.69, 9.17) is 11.6 Å². The van der Waals surface area contributed by atoms with Crippen LogP contribution in [0.15, 0.2) is 88.9 Å². The first-order valence-corrected chi connectivity index (χ1v) is 10.8. The van der Waals surface area contributed by atoms with E-state index in [0.29, 0.717) is 11.4 Å². The van der Waals surface area contributed by atoms with Crippen LogP contribution in [0.25, 0.3) is 0 Å². The Morgan fingerprint density at radius 3 is 2.21 bits per heavy atom. The highest BCUT2D eigenvalue weighted by molar-refractivity contribution is 7.89. The molecule has 0 aromatic heterocycles. The lowest BCUT2D eigenvalue weighted by molar-refractivity contribution is 0.371. The normalized spacial score (nSPS) is 16.9. The predicted molar refractivity (Wildman–Crippen MR) is 112 cm³/mol. The minimum atomic E-state index is -3.79. The topological polar surface area (TPSA) is 49.7 Å². The van der Waals surface area contributed by atoms with Gasteiger partial charge in [-0.25, -0.2) is 0 Å². The van der Waals surface area contributed by atoms with Crippen LogP contribution in [-0.2, 0) is 10.0 Å². The van der Waals surface area contributed by atoms with Crippen molar-refractivity contribution in [2.24, 2.45) is 5.10 Å². The molecular formula is C22H19ClN2O2S. The summed E-state index contributed by atoms with van der Waals surface area (Å²) in [5, 5.41) is 5.15. The van der Waals surface area contributed by atoms with Gasteiger partial charge in [0.05, 0.1) is 16.6 Å². The van der Waals surface area contributed by atoms with Crippen LogP contribution < -0.4 is 0 Å². The van der Waals surface area contributed by atoms with Crippen molar-refractivity contribution in [2.45, 2.75) is 24.3 Å². The Morgan fingerprint density at radius 1 is 0.929 bits per heavy atom. The summed E-state index contributed by atoms with van der Waals surface area (Å²) in [6.45, 7) is 1.93. The Kier molecular flexibility index (Phi) is 4.96. The average Bonchev–Trinajstić information content (AvgIpc) is 3.16. The van der Waals surface area contributed by atoms with Crippen LogP contribution in [0.4, 0.5) is 0 Å². The smallest absolute Gasteiger partial charge is 0.200 e. The quantitative estimate of drug-likeness (QED) is 0.594. The summed E-state index contributed by atoms with van der Waals surface area (Å²) in [5.74, 6) is 0. The second-order valence-corrected chi connectivity index (χ2v) is 9.01. The first-order chi connectivity index (χ1) is 13.4. The van der Waals surface area contributed by atoms with Crippen LogP contribution in [0, 0.1) is 6.92 Å². The van der Waals surface area contributed by atoms with Crippen LogP contribution >= 0.6 is 11.6 Å². The van der Waals surface area contributed by atoms with Crippen LogP contribution in [-0.4, -0.2) is 18.5 Å². The van der Waals surface area contributed by atoms with Crippen molar-refractivity contribution < 1.29 is 8.42 Å². The fraction of sp³-hybridized carbons (Fsp3) is 0.136. The first-order valence-electron chi connectivity index (χ1n) is 8.94. The highest BCUT2D eigenvalue weighted by Crippen LogP contribution is 2.37. The fourth-order valence-electron chi connectivity index (χ4n) is 3.27. The van der Waals surface area contributed by atoms with Gasteiger partial charge in [0.15, 0.2) is 0 Å². The molecule has 6 heteroatoms. The maximum Gasteiger partial charge on any atom is 0.279 e. The van der Waals surface area contributed by atoms with Crippen LogP contribution in [0.1, 0.15) is 29.2 Å². The molecule has 0 aliphatic carbocycles. The molecule has 3 aromatic rings. The molecule has 1 heterocycles. The van der Waals surface area contributed by atoms with Gasteiger partial charge < -0.3 is 0 Å². The van der Waals surface area contributed by atoms with Crippen LogP contribution in [0.2, 0.25) is 5.02 Å². The largest absolute Gasteiger partial charge is 0.279 e. The molecule has 0 radical (unpaired) electrons. The second-order valence-electron chi connectivity index (χ2n) is 6.77. The van der Waals surface area contributed by atoms with Gasteiger partial charge >= 0.3 is 0 Å². The summed E-state index contributed by atoms with van der Waals surface area (Å²) in [6, 6.07) is 23.3. The van der Waals surface area contributed by atoms with Crippen molar-refractivity contribution >= 4 is 27.3 Å². The highest BCUT2D eigenvalue weighted by Gasteiger charge is 2.37. The van der Waals surface area contributed by atoms with Gasteiger partial charge in [-0.3, -0.25) is 0 Å². The molecule has 3 aromatic carbocycles. The molecule has 0 amide bonds. The number of halogens is 1. The summed E-state index contributed by atoms with van der Waals surface area (Å²) in [5.41, 5.74) is 3.53. The van der Waals surface area contributed by atoms with Gasteiger partial charge in [0.25, 0.3) is 10.0 Å². The molecule has 0 spiro atoms. The number of sulfonamides is 1. The summed E-state index contributed by atoms with van der Waals surface area (Å²) in [4.78, 5) is 0.232. The minimum absolute atomic E-state index is 0.232. The molecule has 4 rings (SSSR count). The van der Waals surface area contributed by atoms with E-state index in [1.54, 1.807) is 36.4 Å². The van der Waals surface area contributed by atoms with E-state index >= 15 is 0 Å². The molecule has 0 saturated carbocycles. The minimum Gasteiger partial charge on any atom is -0.200 e. The Labute approximate surface area is 170 Å². The molecule has 4 nitrogen and oxygen atoms in total. The maximum absolute atomic E-state index is 13.4. The molecule has 28 heavy (non-hydrogen) atoms. The number of benzene rings is 3. The van der Waals surface area contributed by atoms with E-state index in [9.17, 15) is 8.42 Å². The van der Waals surface area contributed by atoms with Gasteiger partial charge in [-0.15, -0.1) is 0 Å². The van der Waals surface area contributed by atoms with E-state index < -0.39 is 16.1 Å². The van der Waals surface area contributed by atoms with E-state index in [1.807, 2.05) is 49.4 Å². The SMILES string of the molecule is Cc1ccc(S(=O)(=O)N2N=C(c3ccccc3)C[C@H]2c2ccc(Cl)cc2)cc1. The summed E-state index contributed by atoms with van der Waals surface area (Å²) in [7, 11) is -3.79. The van der Waals surface area contributed by atoms with Gasteiger partial charge in [-0.1, -0.05) is 71.8 Å². The molecule has 1 atom stereocenters. The number of rotatable bonds is 4. The summed E-state index contributed by atoms with van der Waals surface area (Å²) in [6.07, 6.45) is 0.497. The van der Waals surface area contributed by atoms with Gasteiger partial charge in [-0.2, -0.15) is 17.9 Å². The van der Waals surface area contributed by atoms with Crippen molar-refractivity contribution in [3.05, 3.63) is 101 Å². The highest BCUT2D eigenvalue weighted by atomic mass is 35.5. The van der Waals surface area contributed by atoms with Crippen molar-refractivity contribution in [3.63, 3.8) is 0 Å². The Hall–Kier alpha value is -2.63. The van der Waals surface area contributed by atoms with Crippen LogP contribution in [0.3, 0.4) is 0 Å². The number of aryl methyl sites for hydroxylation is 1. The van der Waals surface area contributed by atoms with E-state index in [0.717, 1.165) is 22.4 Å². The number of nitrogens with zero attached hydrogens (tertiary/aromatic N) is 2. The van der Waals surface area contributed by atoms with Crippen molar-refractivity contribution in [2.75, 3.05) is 0 Å². The molecule has 0 N–H and O–H groups in total. The maximum atomic E-state index is 13.4. The molecule has 142 valence electrons. The first kappa shape index (κ1) is 18.7. The molecule has 0 bridgehead atoms. The second kappa shape index (κ2) is 7.41. The number of hydrazone groups is 1. The van der Waals surface area contributed by atoms with Crippen molar-refractivity contribution in [1.29, 1.82) is 0 Å². The zero-order valence-corrected chi connectivity index (χ0v) is 16.9. The molecule has 1 aliphatic heterocycles. The lowest BCUT2D eigenvalue weighted by Gasteiger charge is -2.23. The van der Waals surface area contributed by atoms with Gasteiger partial charge in [0, 0.05) is 11.4 Å². The Bertz CT molecular complexity index is 1110. The van der Waals surface area contributed by atoms with E-state index in [2.05, 4.69) is 5.10 Å². The molecule has 0 fully saturated rings. The third-order valence-electron chi connectivity index (χ3n) is 4.80. The van der Waals surface area contributed by atoms with Gasteiger partial charge in [0.2, 0.25) is 0 Å². The average molecular weight is 411 g/mol. The number of hydrogen-bond acceptors (Lipinski definition) is 3.